The smallest absolute Gasteiger partial charge is 0.250 e. The second-order valence-electron chi connectivity index (χ2n) is 8.75. The third-order valence-corrected chi connectivity index (χ3v) is 6.82. The fraction of sp³-hybridized carbons (Fsp3) is 0.0690. The third kappa shape index (κ3) is 6.18. The van der Waals surface area contributed by atoms with Crippen LogP contribution in [0.5, 0.6) is 0 Å². The van der Waals surface area contributed by atoms with Gasteiger partial charge in [0.1, 0.15) is 17.0 Å². The normalized spacial score (nSPS) is 11.3. The van der Waals surface area contributed by atoms with Crippen LogP contribution in [0.15, 0.2) is 75.6 Å². The van der Waals surface area contributed by atoms with Crippen LogP contribution < -0.4 is 10.6 Å². The van der Waals surface area contributed by atoms with Crippen LogP contribution in [0.4, 0.5) is 5.69 Å². The number of thiocarbonyl (C=S) groups is 1. The molecule has 0 aliphatic heterocycles. The summed E-state index contributed by atoms with van der Waals surface area (Å²) < 4.78 is 11.8. The molecule has 2 aromatic heterocycles. The highest BCUT2D eigenvalue weighted by atomic mass is 35.5. The number of halogens is 3. The number of aromatic nitrogens is 1. The van der Waals surface area contributed by atoms with Crippen molar-refractivity contribution in [1.82, 2.24) is 10.3 Å². The van der Waals surface area contributed by atoms with Gasteiger partial charge in [-0.2, -0.15) is 0 Å². The highest BCUT2D eigenvalue weighted by molar-refractivity contribution is 7.80. The second kappa shape index (κ2) is 11.2. The Labute approximate surface area is 244 Å². The van der Waals surface area contributed by atoms with Gasteiger partial charge in [0.05, 0.1) is 15.6 Å². The predicted molar refractivity (Wildman–Crippen MR) is 161 cm³/mol. The molecule has 0 unspecified atom stereocenters. The van der Waals surface area contributed by atoms with Crippen LogP contribution in [0, 0.1) is 13.8 Å². The van der Waals surface area contributed by atoms with E-state index in [2.05, 4.69) is 15.6 Å². The lowest BCUT2D eigenvalue weighted by Crippen LogP contribution is -2.32. The van der Waals surface area contributed by atoms with Gasteiger partial charge in [0.25, 0.3) is 0 Å². The number of benzene rings is 3. The maximum atomic E-state index is 12.4. The van der Waals surface area contributed by atoms with Crippen molar-refractivity contribution in [1.29, 1.82) is 0 Å². The molecule has 0 bridgehead atoms. The van der Waals surface area contributed by atoms with Crippen molar-refractivity contribution in [2.45, 2.75) is 13.8 Å². The Morgan fingerprint density at radius 1 is 0.923 bits per heavy atom. The zero-order valence-electron chi connectivity index (χ0n) is 20.6. The van der Waals surface area contributed by atoms with Gasteiger partial charge in [0.2, 0.25) is 11.8 Å². The fourth-order valence-corrected chi connectivity index (χ4v) is 4.93. The molecule has 5 rings (SSSR count). The summed E-state index contributed by atoms with van der Waals surface area (Å²) in [4.78, 5) is 17.0. The molecule has 0 aliphatic carbocycles. The second-order valence-corrected chi connectivity index (χ2v) is 10.4. The molecule has 1 amide bonds. The van der Waals surface area contributed by atoms with Gasteiger partial charge in [-0.15, -0.1) is 0 Å². The van der Waals surface area contributed by atoms with Gasteiger partial charge >= 0.3 is 0 Å². The van der Waals surface area contributed by atoms with Gasteiger partial charge in [0.15, 0.2) is 10.7 Å². The molecule has 3 aromatic carbocycles. The van der Waals surface area contributed by atoms with Crippen LogP contribution in [0.2, 0.25) is 15.1 Å². The van der Waals surface area contributed by atoms with E-state index in [-0.39, 0.29) is 5.11 Å². The Balaban J connectivity index is 1.24. The average molecular weight is 597 g/mol. The quantitative estimate of drug-likeness (QED) is 0.156. The number of aryl methyl sites for hydroxylation is 2. The number of carbonyl (C=O) groups excluding carboxylic acids is 1. The van der Waals surface area contributed by atoms with Crippen LogP contribution in [0.1, 0.15) is 16.9 Å². The summed E-state index contributed by atoms with van der Waals surface area (Å²) in [5.41, 5.74) is 5.44. The summed E-state index contributed by atoms with van der Waals surface area (Å²) in [6, 6.07) is 17.8. The van der Waals surface area contributed by atoms with E-state index in [9.17, 15) is 4.79 Å². The van der Waals surface area contributed by atoms with Crippen molar-refractivity contribution in [3.05, 3.63) is 98.7 Å². The summed E-state index contributed by atoms with van der Waals surface area (Å²) in [6.07, 6.45) is 2.85. The lowest BCUT2D eigenvalue weighted by molar-refractivity contribution is -0.115. The van der Waals surface area contributed by atoms with Crippen molar-refractivity contribution in [2.75, 3.05) is 5.32 Å². The summed E-state index contributed by atoms with van der Waals surface area (Å²) >= 11 is 24.0. The monoisotopic (exact) mass is 595 g/mol. The van der Waals surface area contributed by atoms with Gasteiger partial charge < -0.3 is 14.2 Å². The first-order chi connectivity index (χ1) is 18.7. The zero-order chi connectivity index (χ0) is 27.7. The highest BCUT2D eigenvalue weighted by Gasteiger charge is 2.15. The number of nitrogens with zero attached hydrogens (tertiary/aromatic N) is 1. The number of furan rings is 1. The van der Waals surface area contributed by atoms with Gasteiger partial charge in [-0.25, -0.2) is 4.98 Å². The molecule has 2 heterocycles. The van der Waals surface area contributed by atoms with E-state index in [1.165, 1.54) is 12.2 Å². The summed E-state index contributed by atoms with van der Waals surface area (Å²) in [5.74, 6) is 0.977. The maximum Gasteiger partial charge on any atom is 0.250 e. The minimum Gasteiger partial charge on any atom is -0.457 e. The molecular formula is C29H20Cl3N3O3S. The molecule has 5 aromatic rings. The molecule has 0 atom stereocenters. The lowest BCUT2D eigenvalue weighted by atomic mass is 10.1. The van der Waals surface area contributed by atoms with E-state index in [4.69, 9.17) is 55.9 Å². The molecule has 6 nitrogen and oxygen atoms in total. The van der Waals surface area contributed by atoms with Crippen molar-refractivity contribution in [3.8, 4) is 22.8 Å². The van der Waals surface area contributed by atoms with Crippen LogP contribution in [-0.4, -0.2) is 16.0 Å². The number of oxazole rings is 1. The van der Waals surface area contributed by atoms with E-state index in [1.54, 1.807) is 48.5 Å². The van der Waals surface area contributed by atoms with E-state index in [0.29, 0.717) is 54.9 Å². The SMILES string of the molecule is Cc1cc(C)c2oc(-c3cc(NC(=S)NC(=O)/C=C/c4ccc(-c5ccc(Cl)cc5Cl)o4)ccc3Cl)nc2c1. The number of carbonyl (C=O) groups is 1. The third-order valence-electron chi connectivity index (χ3n) is 5.73. The Morgan fingerprint density at radius 2 is 1.74 bits per heavy atom. The molecule has 196 valence electrons. The molecule has 39 heavy (non-hydrogen) atoms. The largest absolute Gasteiger partial charge is 0.457 e. The van der Waals surface area contributed by atoms with Crippen LogP contribution in [0.25, 0.3) is 40.0 Å². The standard InChI is InChI=1S/C29H20Cl3N3O3S/c1-15-11-16(2)27-24(12-15)34-28(38-27)21-14-18(4-8-22(21)31)33-29(39)35-26(36)10-6-19-5-9-25(37-19)20-7-3-17(30)13-23(20)32/h3-14H,1-2H3,(H2,33,35,36,39)/b10-6+. The van der Waals surface area contributed by atoms with Crippen molar-refractivity contribution >= 4 is 80.9 Å². The number of nitrogens with one attached hydrogen (secondary N) is 2. The van der Waals surface area contributed by atoms with Crippen molar-refractivity contribution in [3.63, 3.8) is 0 Å². The van der Waals surface area contributed by atoms with E-state index >= 15 is 0 Å². The van der Waals surface area contributed by atoms with E-state index in [1.807, 2.05) is 26.0 Å². The Kier molecular flexibility index (Phi) is 7.77. The molecule has 0 saturated carbocycles. The Bertz CT molecular complexity index is 1770. The predicted octanol–water partition coefficient (Wildman–Crippen LogP) is 8.86. The number of hydrogen-bond acceptors (Lipinski definition) is 5. The molecule has 0 radical (unpaired) electrons. The Hall–Kier alpha value is -3.62. The summed E-state index contributed by atoms with van der Waals surface area (Å²) in [6.45, 7) is 3.98. The minimum atomic E-state index is -0.436. The molecule has 2 N–H and O–H groups in total. The van der Waals surface area contributed by atoms with Crippen LogP contribution in [-0.2, 0) is 4.79 Å². The molecule has 0 aliphatic rings. The van der Waals surface area contributed by atoms with Gasteiger partial charge in [0, 0.05) is 22.3 Å². The number of fused-ring (bicyclic) bond motifs is 1. The zero-order valence-corrected chi connectivity index (χ0v) is 23.7. The van der Waals surface area contributed by atoms with Crippen LogP contribution >= 0.6 is 47.0 Å². The van der Waals surface area contributed by atoms with Gasteiger partial charge in [-0.1, -0.05) is 40.9 Å². The van der Waals surface area contributed by atoms with Gasteiger partial charge in [-0.05, 0) is 97.9 Å². The average Bonchev–Trinajstić information content (AvgIpc) is 3.51. The fourth-order valence-electron chi connectivity index (χ4n) is 4.01. The minimum absolute atomic E-state index is 0.107. The first-order valence-corrected chi connectivity index (χ1v) is 13.2. The van der Waals surface area contributed by atoms with Crippen LogP contribution in [0.3, 0.4) is 0 Å². The summed E-state index contributed by atoms with van der Waals surface area (Å²) in [7, 11) is 0. The number of rotatable bonds is 5. The van der Waals surface area contributed by atoms with Gasteiger partial charge in [-0.3, -0.25) is 10.1 Å². The number of amides is 1. The topological polar surface area (TPSA) is 80.3 Å². The maximum absolute atomic E-state index is 12.4. The summed E-state index contributed by atoms with van der Waals surface area (Å²) in [5, 5.41) is 7.17. The molecule has 0 saturated heterocycles. The first kappa shape index (κ1) is 27.0. The molecular weight excluding hydrogens is 577 g/mol. The lowest BCUT2D eigenvalue weighted by Gasteiger charge is -2.10. The van der Waals surface area contributed by atoms with Crippen molar-refractivity contribution < 1.29 is 13.6 Å². The molecule has 0 spiro atoms. The van der Waals surface area contributed by atoms with E-state index in [0.717, 1.165) is 16.6 Å². The highest BCUT2D eigenvalue weighted by Crippen LogP contribution is 2.34. The number of anilines is 1. The molecule has 10 heteroatoms. The number of hydrogen-bond donors (Lipinski definition) is 2. The molecule has 0 fully saturated rings. The first-order valence-electron chi connectivity index (χ1n) is 11.7. The van der Waals surface area contributed by atoms with E-state index < -0.39 is 5.91 Å². The van der Waals surface area contributed by atoms with Crippen molar-refractivity contribution in [2.24, 2.45) is 0 Å². The Morgan fingerprint density at radius 3 is 2.54 bits per heavy atom.